The first-order valence-corrected chi connectivity index (χ1v) is 7.19. The van der Waals surface area contributed by atoms with Crippen molar-refractivity contribution in [2.24, 2.45) is 5.41 Å². The molecule has 0 fully saturated rings. The van der Waals surface area contributed by atoms with E-state index in [4.69, 9.17) is 51.5 Å². The van der Waals surface area contributed by atoms with Crippen LogP contribution in [0.2, 0.25) is 20.1 Å². The minimum atomic E-state index is -0.823. The topological polar surface area (TPSA) is 37.3 Å². The summed E-state index contributed by atoms with van der Waals surface area (Å²) >= 11 is 24.1. The quantitative estimate of drug-likeness (QED) is 0.547. The second-order valence-corrected chi connectivity index (χ2v) is 6.75. The molecule has 0 amide bonds. The molecule has 0 atom stereocenters. The Morgan fingerprint density at radius 1 is 1.16 bits per heavy atom. The smallest absolute Gasteiger partial charge is 0.303 e. The van der Waals surface area contributed by atoms with Gasteiger partial charge in [0.2, 0.25) is 0 Å². The van der Waals surface area contributed by atoms with Crippen molar-refractivity contribution < 1.29 is 9.90 Å². The molecule has 0 unspecified atom stereocenters. The zero-order valence-electron chi connectivity index (χ0n) is 10.6. The fraction of sp³-hybridized carbons (Fsp3) is 0.462. The molecule has 0 aliphatic carbocycles. The molecule has 0 heterocycles. The van der Waals surface area contributed by atoms with Crippen molar-refractivity contribution in [2.45, 2.75) is 33.1 Å². The predicted molar refractivity (Wildman–Crippen MR) is 80.8 cm³/mol. The molecule has 1 N–H and O–H groups in total. The van der Waals surface area contributed by atoms with Crippen LogP contribution >= 0.6 is 46.4 Å². The predicted octanol–water partition coefficient (Wildman–Crippen LogP) is 5.73. The lowest BCUT2D eigenvalue weighted by Crippen LogP contribution is -2.17. The number of carbonyl (C=O) groups is 1. The summed E-state index contributed by atoms with van der Waals surface area (Å²) in [6.07, 6.45) is 1.27. The van der Waals surface area contributed by atoms with E-state index in [1.165, 1.54) is 0 Å². The van der Waals surface area contributed by atoms with Crippen molar-refractivity contribution in [2.75, 3.05) is 0 Å². The Hall–Kier alpha value is -0.150. The summed E-state index contributed by atoms with van der Waals surface area (Å²) in [5, 5.41) is 10.2. The molecule has 106 valence electrons. The van der Waals surface area contributed by atoms with Crippen LogP contribution in [0.5, 0.6) is 0 Å². The third-order valence-corrected chi connectivity index (χ3v) is 4.53. The minimum absolute atomic E-state index is 0.0869. The van der Waals surface area contributed by atoms with Crippen LogP contribution in [-0.2, 0) is 11.2 Å². The van der Waals surface area contributed by atoms with Gasteiger partial charge in [0.15, 0.2) is 0 Å². The Bertz CT molecular complexity index is 498. The fourth-order valence-corrected chi connectivity index (χ4v) is 2.92. The third kappa shape index (κ3) is 4.71. The highest BCUT2D eigenvalue weighted by atomic mass is 35.5. The molecule has 0 bridgehead atoms. The van der Waals surface area contributed by atoms with Crippen molar-refractivity contribution in [3.63, 3.8) is 0 Å². The number of halogens is 4. The van der Waals surface area contributed by atoms with Crippen LogP contribution in [0.1, 0.15) is 32.3 Å². The second-order valence-electron chi connectivity index (χ2n) is 5.18. The third-order valence-electron chi connectivity index (χ3n) is 2.89. The first-order chi connectivity index (χ1) is 8.64. The number of hydrogen-bond acceptors (Lipinski definition) is 1. The Balaban J connectivity index is 2.90. The monoisotopic (exact) mass is 342 g/mol. The average molecular weight is 344 g/mol. The molecule has 19 heavy (non-hydrogen) atoms. The normalized spacial score (nSPS) is 11.7. The van der Waals surface area contributed by atoms with Crippen LogP contribution in [-0.4, -0.2) is 11.1 Å². The highest BCUT2D eigenvalue weighted by Crippen LogP contribution is 2.39. The zero-order valence-corrected chi connectivity index (χ0v) is 13.6. The van der Waals surface area contributed by atoms with Crippen molar-refractivity contribution >= 4 is 52.4 Å². The number of carboxylic acid groups (broad SMARTS) is 1. The lowest BCUT2D eigenvalue weighted by molar-refractivity contribution is -0.139. The van der Waals surface area contributed by atoms with Crippen LogP contribution in [0, 0.1) is 5.41 Å². The van der Waals surface area contributed by atoms with E-state index in [1.807, 2.05) is 13.8 Å². The molecular formula is C13H14Cl4O2. The first-order valence-electron chi connectivity index (χ1n) is 5.68. The Morgan fingerprint density at radius 3 is 2.26 bits per heavy atom. The molecule has 1 aromatic carbocycles. The number of benzene rings is 1. The molecule has 1 aromatic rings. The van der Waals surface area contributed by atoms with Gasteiger partial charge in [-0.05, 0) is 29.9 Å². The Morgan fingerprint density at radius 2 is 1.74 bits per heavy atom. The summed E-state index contributed by atoms with van der Waals surface area (Å²) in [7, 11) is 0. The van der Waals surface area contributed by atoms with E-state index in [2.05, 4.69) is 0 Å². The minimum Gasteiger partial charge on any atom is -0.481 e. The van der Waals surface area contributed by atoms with E-state index in [-0.39, 0.29) is 16.9 Å². The summed E-state index contributed by atoms with van der Waals surface area (Å²) in [5.74, 6) is -0.823. The summed E-state index contributed by atoms with van der Waals surface area (Å²) in [4.78, 5) is 10.8. The zero-order chi connectivity index (χ0) is 14.8. The summed E-state index contributed by atoms with van der Waals surface area (Å²) in [5.41, 5.74) is 0.362. The summed E-state index contributed by atoms with van der Waals surface area (Å²) in [6, 6.07) is 1.55. The van der Waals surface area contributed by atoms with Gasteiger partial charge in [0.1, 0.15) is 0 Å². The van der Waals surface area contributed by atoms with Crippen LogP contribution in [0.3, 0.4) is 0 Å². The van der Waals surface area contributed by atoms with Gasteiger partial charge in [0.05, 0.1) is 21.5 Å². The molecule has 0 saturated carbocycles. The van der Waals surface area contributed by atoms with Gasteiger partial charge in [-0.1, -0.05) is 60.3 Å². The van der Waals surface area contributed by atoms with Gasteiger partial charge >= 0.3 is 5.97 Å². The first kappa shape index (κ1) is 16.9. The van der Waals surface area contributed by atoms with Crippen molar-refractivity contribution in [3.05, 3.63) is 31.7 Å². The van der Waals surface area contributed by atoms with Crippen LogP contribution in [0.15, 0.2) is 6.07 Å². The van der Waals surface area contributed by atoms with Crippen LogP contribution in [0.4, 0.5) is 0 Å². The van der Waals surface area contributed by atoms with Gasteiger partial charge in [-0.25, -0.2) is 0 Å². The highest BCUT2D eigenvalue weighted by molar-refractivity contribution is 6.49. The van der Waals surface area contributed by atoms with Crippen molar-refractivity contribution in [1.82, 2.24) is 0 Å². The number of hydrogen-bond donors (Lipinski definition) is 1. The summed E-state index contributed by atoms with van der Waals surface area (Å²) < 4.78 is 0. The lowest BCUT2D eigenvalue weighted by Gasteiger charge is -2.23. The Kier molecular flexibility index (Phi) is 5.81. The number of aliphatic carboxylic acids is 1. The SMILES string of the molecule is CC(C)(CCc1c(Cl)cc(Cl)c(Cl)c1Cl)CC(=O)O. The van der Waals surface area contributed by atoms with Crippen LogP contribution < -0.4 is 0 Å². The molecule has 0 aliphatic heterocycles. The van der Waals surface area contributed by atoms with E-state index in [1.54, 1.807) is 6.07 Å². The fourth-order valence-electron chi connectivity index (χ4n) is 1.79. The molecule has 0 radical (unpaired) electrons. The average Bonchev–Trinajstić information content (AvgIpc) is 2.24. The van der Waals surface area contributed by atoms with E-state index in [0.717, 1.165) is 0 Å². The van der Waals surface area contributed by atoms with Gasteiger partial charge in [-0.15, -0.1) is 0 Å². The molecule has 0 aromatic heterocycles. The maximum atomic E-state index is 10.8. The molecular weight excluding hydrogens is 330 g/mol. The van der Waals surface area contributed by atoms with Crippen LogP contribution in [0.25, 0.3) is 0 Å². The van der Waals surface area contributed by atoms with Gasteiger partial charge in [-0.2, -0.15) is 0 Å². The molecule has 0 spiro atoms. The lowest BCUT2D eigenvalue weighted by atomic mass is 9.83. The standard InChI is InChI=1S/C13H14Cl4O2/c1-13(2,6-10(18)19)4-3-7-8(14)5-9(15)12(17)11(7)16/h5H,3-4,6H2,1-2H3,(H,18,19). The van der Waals surface area contributed by atoms with Gasteiger partial charge < -0.3 is 5.11 Å². The summed E-state index contributed by atoms with van der Waals surface area (Å²) in [6.45, 7) is 3.78. The van der Waals surface area contributed by atoms with E-state index in [9.17, 15) is 4.79 Å². The van der Waals surface area contributed by atoms with Gasteiger partial charge in [0.25, 0.3) is 0 Å². The maximum Gasteiger partial charge on any atom is 0.303 e. The van der Waals surface area contributed by atoms with Crippen molar-refractivity contribution in [3.8, 4) is 0 Å². The van der Waals surface area contributed by atoms with Gasteiger partial charge in [-0.3, -0.25) is 4.79 Å². The molecule has 0 aliphatic rings. The largest absolute Gasteiger partial charge is 0.481 e. The van der Waals surface area contributed by atoms with Gasteiger partial charge in [0, 0.05) is 5.02 Å². The van der Waals surface area contributed by atoms with E-state index < -0.39 is 5.97 Å². The Labute approximate surface area is 132 Å². The second kappa shape index (κ2) is 6.53. The number of carboxylic acids is 1. The van der Waals surface area contributed by atoms with E-state index in [0.29, 0.717) is 33.5 Å². The van der Waals surface area contributed by atoms with E-state index >= 15 is 0 Å². The molecule has 6 heteroatoms. The maximum absolute atomic E-state index is 10.8. The number of rotatable bonds is 5. The highest BCUT2D eigenvalue weighted by Gasteiger charge is 2.23. The molecule has 0 saturated heterocycles. The van der Waals surface area contributed by atoms with Crippen molar-refractivity contribution in [1.29, 1.82) is 0 Å². The molecule has 1 rings (SSSR count). The molecule has 2 nitrogen and oxygen atoms in total.